The highest BCUT2D eigenvalue weighted by Crippen LogP contribution is 2.34. The summed E-state index contributed by atoms with van der Waals surface area (Å²) >= 11 is 0. The molecule has 2 aliphatic heterocycles. The van der Waals surface area contributed by atoms with Crippen molar-refractivity contribution in [1.82, 2.24) is 15.0 Å². The van der Waals surface area contributed by atoms with E-state index in [4.69, 9.17) is 14.0 Å². The third-order valence-electron chi connectivity index (χ3n) is 6.72. The maximum absolute atomic E-state index is 13.0. The Morgan fingerprint density at radius 1 is 1.19 bits per heavy atom. The van der Waals surface area contributed by atoms with Crippen LogP contribution >= 0.6 is 0 Å². The molecule has 0 spiro atoms. The number of amides is 2. The van der Waals surface area contributed by atoms with E-state index in [0.29, 0.717) is 68.1 Å². The summed E-state index contributed by atoms with van der Waals surface area (Å²) in [4.78, 5) is 29.6. The molecule has 4 rings (SSSR count). The normalized spacial score (nSPS) is 21.2. The minimum absolute atomic E-state index is 0.0853. The van der Waals surface area contributed by atoms with Gasteiger partial charge in [-0.2, -0.15) is 0 Å². The fourth-order valence-electron chi connectivity index (χ4n) is 4.93. The van der Waals surface area contributed by atoms with Crippen molar-refractivity contribution in [1.29, 1.82) is 0 Å². The molecular formula is C24H31N3O5. The Bertz CT molecular complexity index is 972. The molecule has 0 N–H and O–H groups in total. The zero-order chi connectivity index (χ0) is 22.7. The van der Waals surface area contributed by atoms with Crippen LogP contribution in [0.5, 0.6) is 11.5 Å². The van der Waals surface area contributed by atoms with E-state index in [-0.39, 0.29) is 11.8 Å². The molecule has 2 amide bonds. The predicted molar refractivity (Wildman–Crippen MR) is 118 cm³/mol. The van der Waals surface area contributed by atoms with Crippen LogP contribution in [0.4, 0.5) is 0 Å². The van der Waals surface area contributed by atoms with Crippen LogP contribution in [0, 0.1) is 18.8 Å². The van der Waals surface area contributed by atoms with E-state index in [9.17, 15) is 9.59 Å². The molecule has 3 heterocycles. The molecule has 1 aromatic heterocycles. The van der Waals surface area contributed by atoms with Crippen LogP contribution < -0.4 is 9.47 Å². The summed E-state index contributed by atoms with van der Waals surface area (Å²) in [6, 6.07) is 7.51. The molecule has 0 bridgehead atoms. The minimum Gasteiger partial charge on any atom is -0.493 e. The number of para-hydroxylation sites is 1. The van der Waals surface area contributed by atoms with Gasteiger partial charge in [-0.05, 0) is 49.7 Å². The lowest BCUT2D eigenvalue weighted by Gasteiger charge is -2.36. The monoisotopic (exact) mass is 441 g/mol. The van der Waals surface area contributed by atoms with Gasteiger partial charge in [-0.25, -0.2) is 0 Å². The molecule has 32 heavy (non-hydrogen) atoms. The van der Waals surface area contributed by atoms with Crippen molar-refractivity contribution in [2.24, 2.45) is 11.8 Å². The average Bonchev–Trinajstić information content (AvgIpc) is 3.17. The van der Waals surface area contributed by atoms with Crippen LogP contribution in [-0.2, 0) is 11.2 Å². The van der Waals surface area contributed by atoms with Gasteiger partial charge in [-0.15, -0.1) is 0 Å². The Hall–Kier alpha value is -3.03. The van der Waals surface area contributed by atoms with Crippen LogP contribution in [0.3, 0.4) is 0 Å². The van der Waals surface area contributed by atoms with E-state index < -0.39 is 0 Å². The molecule has 1 aromatic carbocycles. The number of methoxy groups -OCH3 is 2. The van der Waals surface area contributed by atoms with Crippen molar-refractivity contribution in [2.75, 3.05) is 40.4 Å². The van der Waals surface area contributed by atoms with Gasteiger partial charge in [-0.1, -0.05) is 17.3 Å². The lowest BCUT2D eigenvalue weighted by atomic mass is 9.82. The molecule has 8 heteroatoms. The van der Waals surface area contributed by atoms with E-state index in [2.05, 4.69) is 5.16 Å². The number of rotatable bonds is 6. The van der Waals surface area contributed by atoms with Gasteiger partial charge in [0.1, 0.15) is 5.76 Å². The summed E-state index contributed by atoms with van der Waals surface area (Å²) in [5.74, 6) is 2.81. The van der Waals surface area contributed by atoms with E-state index in [0.717, 1.165) is 24.2 Å². The maximum Gasteiger partial charge on any atom is 0.276 e. The first-order valence-corrected chi connectivity index (χ1v) is 11.2. The Balaban J connectivity index is 1.38. The number of carbonyl (C=O) groups is 2. The zero-order valence-corrected chi connectivity index (χ0v) is 19.0. The standard InChI is InChI=1S/C24H31N3O5/c1-16-13-20(25-32-16)24(29)27-12-8-18-14-22(28)26(11-9-19(18)15-27)10-7-17-5-4-6-21(30-2)23(17)31-3/h4-6,13,18-19H,7-12,14-15H2,1-3H3. The first-order chi connectivity index (χ1) is 15.5. The summed E-state index contributed by atoms with van der Waals surface area (Å²) < 4.78 is 16.0. The second-order valence-corrected chi connectivity index (χ2v) is 8.66. The van der Waals surface area contributed by atoms with Gasteiger partial charge in [0.05, 0.1) is 14.2 Å². The van der Waals surface area contributed by atoms with Crippen LogP contribution in [0.25, 0.3) is 0 Å². The van der Waals surface area contributed by atoms with Crippen molar-refractivity contribution in [3.63, 3.8) is 0 Å². The molecule has 2 aliphatic rings. The molecule has 2 fully saturated rings. The van der Waals surface area contributed by atoms with Crippen LogP contribution in [0.1, 0.15) is 41.1 Å². The van der Waals surface area contributed by atoms with Crippen LogP contribution in [-0.4, -0.2) is 67.2 Å². The largest absolute Gasteiger partial charge is 0.493 e. The third kappa shape index (κ3) is 4.59. The molecule has 2 saturated heterocycles. The zero-order valence-electron chi connectivity index (χ0n) is 19.0. The van der Waals surface area contributed by atoms with Crippen molar-refractivity contribution in [3.05, 3.63) is 41.3 Å². The van der Waals surface area contributed by atoms with E-state index in [1.54, 1.807) is 27.2 Å². The predicted octanol–water partition coefficient (Wildman–Crippen LogP) is 2.94. The molecule has 8 nitrogen and oxygen atoms in total. The number of carbonyl (C=O) groups excluding carboxylic acids is 2. The molecule has 0 radical (unpaired) electrons. The summed E-state index contributed by atoms with van der Waals surface area (Å²) in [6.07, 6.45) is 2.99. The number of aryl methyl sites for hydroxylation is 1. The average molecular weight is 442 g/mol. The Morgan fingerprint density at radius 3 is 2.72 bits per heavy atom. The highest BCUT2D eigenvalue weighted by Gasteiger charge is 2.37. The first-order valence-electron chi connectivity index (χ1n) is 11.2. The molecule has 2 unspecified atom stereocenters. The van der Waals surface area contributed by atoms with E-state index in [1.807, 2.05) is 28.0 Å². The third-order valence-corrected chi connectivity index (χ3v) is 6.72. The van der Waals surface area contributed by atoms with Gasteiger partial charge in [0.2, 0.25) is 5.91 Å². The Morgan fingerprint density at radius 2 is 2.00 bits per heavy atom. The maximum atomic E-state index is 13.0. The molecule has 0 saturated carbocycles. The van der Waals surface area contributed by atoms with E-state index in [1.165, 1.54) is 0 Å². The van der Waals surface area contributed by atoms with Gasteiger partial charge in [0.25, 0.3) is 5.91 Å². The summed E-state index contributed by atoms with van der Waals surface area (Å²) in [5, 5.41) is 3.87. The van der Waals surface area contributed by atoms with Crippen LogP contribution in [0.2, 0.25) is 0 Å². The quantitative estimate of drug-likeness (QED) is 0.685. The molecule has 2 aromatic rings. The van der Waals surface area contributed by atoms with Gasteiger partial charge in [-0.3, -0.25) is 9.59 Å². The number of likely N-dealkylation sites (tertiary alicyclic amines) is 2. The summed E-state index contributed by atoms with van der Waals surface area (Å²) in [7, 11) is 3.26. The molecule has 2 atom stereocenters. The number of aromatic nitrogens is 1. The van der Waals surface area contributed by atoms with Crippen molar-refractivity contribution < 1.29 is 23.6 Å². The van der Waals surface area contributed by atoms with E-state index >= 15 is 0 Å². The highest BCUT2D eigenvalue weighted by atomic mass is 16.5. The Labute approximate surface area is 188 Å². The van der Waals surface area contributed by atoms with Gasteiger partial charge >= 0.3 is 0 Å². The smallest absolute Gasteiger partial charge is 0.276 e. The lowest BCUT2D eigenvalue weighted by molar-refractivity contribution is -0.131. The number of piperidine rings is 1. The second-order valence-electron chi connectivity index (χ2n) is 8.66. The minimum atomic E-state index is -0.0853. The van der Waals surface area contributed by atoms with Gasteiger partial charge in [0.15, 0.2) is 17.2 Å². The number of hydrogen-bond acceptors (Lipinski definition) is 6. The second kappa shape index (κ2) is 9.63. The van der Waals surface area contributed by atoms with Crippen molar-refractivity contribution in [2.45, 2.75) is 32.6 Å². The fourth-order valence-corrected chi connectivity index (χ4v) is 4.93. The number of nitrogens with zero attached hydrogens (tertiary/aromatic N) is 3. The highest BCUT2D eigenvalue weighted by molar-refractivity contribution is 5.92. The van der Waals surface area contributed by atoms with Crippen molar-refractivity contribution in [3.8, 4) is 11.5 Å². The molecule has 172 valence electrons. The summed E-state index contributed by atoms with van der Waals surface area (Å²) in [5.41, 5.74) is 1.39. The number of benzene rings is 1. The topological polar surface area (TPSA) is 85.1 Å². The fraction of sp³-hybridized carbons (Fsp3) is 0.542. The van der Waals surface area contributed by atoms with Gasteiger partial charge < -0.3 is 23.8 Å². The van der Waals surface area contributed by atoms with Crippen molar-refractivity contribution >= 4 is 11.8 Å². The molecule has 0 aliphatic carbocycles. The Kier molecular flexibility index (Phi) is 6.67. The number of ether oxygens (including phenoxy) is 2. The van der Waals surface area contributed by atoms with Crippen LogP contribution in [0.15, 0.2) is 28.8 Å². The SMILES string of the molecule is COc1cccc(CCN2CCC3CN(C(=O)c4cc(C)on4)CCC3CC2=O)c1OC. The first kappa shape index (κ1) is 22.2. The number of hydrogen-bond donors (Lipinski definition) is 0. The lowest BCUT2D eigenvalue weighted by Crippen LogP contribution is -2.44. The summed E-state index contributed by atoms with van der Waals surface area (Å²) in [6.45, 7) is 4.45. The number of fused-ring (bicyclic) bond motifs is 1. The molecular weight excluding hydrogens is 410 g/mol. The van der Waals surface area contributed by atoms with Gasteiger partial charge in [0, 0.05) is 38.7 Å².